The monoisotopic (exact) mass is 547 g/mol. The SMILES string of the molecule is CCCO[C@@H]1CN(C2CCC(O)(c3ccccc3)CC2)C[C@@H]1NC(=O)CNC(=O)c1cccc(C(F)(F)F)c1. The van der Waals surface area contributed by atoms with Crippen LogP contribution in [0, 0.1) is 0 Å². The fourth-order valence-corrected chi connectivity index (χ4v) is 5.52. The minimum absolute atomic E-state index is 0.165. The van der Waals surface area contributed by atoms with Crippen LogP contribution in [-0.4, -0.2) is 66.2 Å². The Hall–Kier alpha value is -2.95. The molecule has 0 spiro atoms. The standard InChI is InChI=1S/C29H36F3N3O4/c1-2-15-39-25-19-35(23-11-13-28(38,14-12-23)21-8-4-3-5-9-21)18-24(25)34-26(36)17-33-27(37)20-7-6-10-22(16-20)29(30,31)32/h3-10,16,23-25,38H,2,11-15,17-19H2,1H3,(H,33,37)(H,34,36)/t23?,24-,25+,28?/m0/s1. The summed E-state index contributed by atoms with van der Waals surface area (Å²) in [4.78, 5) is 27.4. The Morgan fingerprint density at radius 3 is 2.46 bits per heavy atom. The smallest absolute Gasteiger partial charge is 0.385 e. The number of amides is 2. The van der Waals surface area contributed by atoms with Crippen LogP contribution < -0.4 is 10.6 Å². The normalized spacial score (nSPS) is 25.8. The summed E-state index contributed by atoms with van der Waals surface area (Å²) in [5.74, 6) is -1.19. The molecule has 4 rings (SSSR count). The van der Waals surface area contributed by atoms with E-state index in [1.54, 1.807) is 0 Å². The lowest BCUT2D eigenvalue weighted by molar-refractivity contribution is -0.137. The number of likely N-dealkylation sites (tertiary alicyclic amines) is 1. The number of alkyl halides is 3. The molecule has 2 aromatic carbocycles. The van der Waals surface area contributed by atoms with E-state index in [-0.39, 0.29) is 30.3 Å². The van der Waals surface area contributed by atoms with Crippen molar-refractivity contribution in [3.05, 3.63) is 71.3 Å². The number of halogens is 3. The second-order valence-electron chi connectivity index (χ2n) is 10.4. The molecule has 7 nitrogen and oxygen atoms in total. The van der Waals surface area contributed by atoms with E-state index in [1.165, 1.54) is 6.07 Å². The number of nitrogens with one attached hydrogen (secondary N) is 2. The van der Waals surface area contributed by atoms with Gasteiger partial charge in [0.05, 0.1) is 29.9 Å². The van der Waals surface area contributed by atoms with Gasteiger partial charge < -0.3 is 20.5 Å². The molecule has 212 valence electrons. The molecule has 2 aliphatic rings. The summed E-state index contributed by atoms with van der Waals surface area (Å²) >= 11 is 0. The maximum atomic E-state index is 13.0. The van der Waals surface area contributed by atoms with Crippen molar-refractivity contribution < 1.29 is 32.6 Å². The van der Waals surface area contributed by atoms with Gasteiger partial charge in [0.1, 0.15) is 0 Å². The quantitative estimate of drug-likeness (QED) is 0.444. The van der Waals surface area contributed by atoms with Crippen molar-refractivity contribution in [1.29, 1.82) is 0 Å². The molecule has 1 saturated heterocycles. The minimum Gasteiger partial charge on any atom is -0.385 e. The van der Waals surface area contributed by atoms with Crippen LogP contribution in [0.1, 0.15) is 60.5 Å². The van der Waals surface area contributed by atoms with Crippen LogP contribution in [0.15, 0.2) is 54.6 Å². The fourth-order valence-electron chi connectivity index (χ4n) is 5.52. The minimum atomic E-state index is -4.56. The van der Waals surface area contributed by atoms with Crippen molar-refractivity contribution in [1.82, 2.24) is 15.5 Å². The molecular formula is C29H36F3N3O4. The van der Waals surface area contributed by atoms with Crippen molar-refractivity contribution in [3.8, 4) is 0 Å². The highest BCUT2D eigenvalue weighted by Gasteiger charge is 2.42. The maximum absolute atomic E-state index is 13.0. The first kappa shape index (κ1) is 29.0. The topological polar surface area (TPSA) is 90.9 Å². The molecule has 0 aromatic heterocycles. The van der Waals surface area contributed by atoms with Crippen molar-refractivity contribution in [2.24, 2.45) is 0 Å². The van der Waals surface area contributed by atoms with Crippen LogP contribution in [0.2, 0.25) is 0 Å². The summed E-state index contributed by atoms with van der Waals surface area (Å²) in [5.41, 5.74) is -0.986. The van der Waals surface area contributed by atoms with Crippen LogP contribution in [0.25, 0.3) is 0 Å². The van der Waals surface area contributed by atoms with Crippen LogP contribution in [0.3, 0.4) is 0 Å². The molecule has 1 saturated carbocycles. The summed E-state index contributed by atoms with van der Waals surface area (Å²) < 4.78 is 44.9. The highest BCUT2D eigenvalue weighted by molar-refractivity contribution is 5.96. The Labute approximate surface area is 226 Å². The first-order valence-electron chi connectivity index (χ1n) is 13.5. The number of rotatable bonds is 9. The third-order valence-corrected chi connectivity index (χ3v) is 7.65. The molecule has 2 amide bonds. The van der Waals surface area contributed by atoms with Gasteiger partial charge in [-0.25, -0.2) is 0 Å². The molecule has 0 unspecified atom stereocenters. The van der Waals surface area contributed by atoms with Gasteiger partial charge in [-0.3, -0.25) is 14.5 Å². The van der Waals surface area contributed by atoms with Crippen molar-refractivity contribution in [3.63, 3.8) is 0 Å². The van der Waals surface area contributed by atoms with Gasteiger partial charge in [0.25, 0.3) is 5.91 Å². The van der Waals surface area contributed by atoms with E-state index in [4.69, 9.17) is 4.74 Å². The molecule has 2 fully saturated rings. The first-order valence-corrected chi connectivity index (χ1v) is 13.5. The fraction of sp³-hybridized carbons (Fsp3) is 0.517. The van der Waals surface area contributed by atoms with E-state index in [0.29, 0.717) is 32.5 Å². The third kappa shape index (κ3) is 7.38. The second kappa shape index (κ2) is 12.5. The summed E-state index contributed by atoms with van der Waals surface area (Å²) in [6.45, 7) is 3.43. The van der Waals surface area contributed by atoms with E-state index in [1.807, 2.05) is 37.3 Å². The van der Waals surface area contributed by atoms with Crippen LogP contribution >= 0.6 is 0 Å². The van der Waals surface area contributed by atoms with Gasteiger partial charge in [0.2, 0.25) is 5.91 Å². The number of aliphatic hydroxyl groups is 1. The van der Waals surface area contributed by atoms with E-state index >= 15 is 0 Å². The molecule has 10 heteroatoms. The Bertz CT molecular complexity index is 1120. The lowest BCUT2D eigenvalue weighted by atomic mass is 9.77. The first-order chi connectivity index (χ1) is 18.6. The third-order valence-electron chi connectivity index (χ3n) is 7.65. The van der Waals surface area contributed by atoms with Gasteiger partial charge in [0, 0.05) is 31.3 Å². The van der Waals surface area contributed by atoms with Gasteiger partial charge in [-0.1, -0.05) is 43.3 Å². The zero-order valence-electron chi connectivity index (χ0n) is 22.0. The molecule has 1 heterocycles. The molecular weight excluding hydrogens is 511 g/mol. The molecule has 0 bridgehead atoms. The summed E-state index contributed by atoms with van der Waals surface area (Å²) in [5, 5.41) is 16.5. The highest BCUT2D eigenvalue weighted by Crippen LogP contribution is 2.39. The van der Waals surface area contributed by atoms with Crippen LogP contribution in [0.4, 0.5) is 13.2 Å². The van der Waals surface area contributed by atoms with Gasteiger partial charge in [-0.05, 0) is 55.9 Å². The van der Waals surface area contributed by atoms with Crippen molar-refractivity contribution in [2.45, 2.75) is 69.0 Å². The zero-order chi connectivity index (χ0) is 28.0. The summed E-state index contributed by atoms with van der Waals surface area (Å²) in [6, 6.07) is 13.8. The Kier molecular flexibility index (Phi) is 9.30. The average molecular weight is 548 g/mol. The summed E-state index contributed by atoms with van der Waals surface area (Å²) in [6.07, 6.45) is -1.01. The number of ether oxygens (including phenoxy) is 1. The molecule has 2 aromatic rings. The Balaban J connectivity index is 1.31. The number of carbonyl (C=O) groups is 2. The van der Waals surface area contributed by atoms with E-state index < -0.39 is 29.2 Å². The number of nitrogens with zero attached hydrogens (tertiary/aromatic N) is 1. The molecule has 2 atom stereocenters. The molecule has 1 aliphatic heterocycles. The number of carbonyl (C=O) groups excluding carboxylic acids is 2. The van der Waals surface area contributed by atoms with Gasteiger partial charge in [-0.15, -0.1) is 0 Å². The molecule has 0 radical (unpaired) electrons. The number of hydrogen-bond acceptors (Lipinski definition) is 5. The van der Waals surface area contributed by atoms with Crippen LogP contribution in [-0.2, 0) is 21.3 Å². The lowest BCUT2D eigenvalue weighted by Crippen LogP contribution is -2.48. The maximum Gasteiger partial charge on any atom is 0.416 e. The Morgan fingerprint density at radius 2 is 1.79 bits per heavy atom. The predicted molar refractivity (Wildman–Crippen MR) is 140 cm³/mol. The molecule has 39 heavy (non-hydrogen) atoms. The van der Waals surface area contributed by atoms with Crippen molar-refractivity contribution >= 4 is 11.8 Å². The predicted octanol–water partition coefficient (Wildman–Crippen LogP) is 3.86. The zero-order valence-corrected chi connectivity index (χ0v) is 22.0. The highest BCUT2D eigenvalue weighted by atomic mass is 19.4. The van der Waals surface area contributed by atoms with E-state index in [0.717, 1.165) is 43.0 Å². The number of benzene rings is 2. The lowest BCUT2D eigenvalue weighted by Gasteiger charge is -2.40. The summed E-state index contributed by atoms with van der Waals surface area (Å²) in [7, 11) is 0. The second-order valence-corrected chi connectivity index (χ2v) is 10.4. The number of hydrogen-bond donors (Lipinski definition) is 3. The van der Waals surface area contributed by atoms with Gasteiger partial charge in [0.15, 0.2) is 0 Å². The van der Waals surface area contributed by atoms with E-state index in [2.05, 4.69) is 15.5 Å². The molecule has 3 N–H and O–H groups in total. The largest absolute Gasteiger partial charge is 0.416 e. The molecule has 1 aliphatic carbocycles. The average Bonchev–Trinajstić information content (AvgIpc) is 3.33. The Morgan fingerprint density at radius 1 is 1.08 bits per heavy atom. The van der Waals surface area contributed by atoms with Crippen LogP contribution in [0.5, 0.6) is 0 Å². The van der Waals surface area contributed by atoms with E-state index in [9.17, 15) is 27.9 Å². The van der Waals surface area contributed by atoms with Gasteiger partial charge in [-0.2, -0.15) is 13.2 Å². The van der Waals surface area contributed by atoms with Gasteiger partial charge >= 0.3 is 6.18 Å². The van der Waals surface area contributed by atoms with Crippen molar-refractivity contribution in [2.75, 3.05) is 26.2 Å².